The van der Waals surface area contributed by atoms with Gasteiger partial charge in [-0.15, -0.1) is 0 Å². The van der Waals surface area contributed by atoms with Crippen molar-refractivity contribution >= 4 is 5.78 Å². The number of carbonyl (C=O) groups is 1. The van der Waals surface area contributed by atoms with Gasteiger partial charge in [0.25, 0.3) is 0 Å². The smallest absolute Gasteiger partial charge is 0.300 e. The second-order valence-electron chi connectivity index (χ2n) is 7.38. The Morgan fingerprint density at radius 3 is 2.22 bits per heavy atom. The zero-order valence-corrected chi connectivity index (χ0v) is 14.7. The van der Waals surface area contributed by atoms with E-state index in [9.17, 15) is 31.1 Å². The third-order valence-electron chi connectivity index (χ3n) is 5.63. The molecule has 0 unspecified atom stereocenters. The summed E-state index contributed by atoms with van der Waals surface area (Å²) in [5.74, 6) is -0.772. The molecule has 1 saturated carbocycles. The van der Waals surface area contributed by atoms with Gasteiger partial charge >= 0.3 is 12.4 Å². The second kappa shape index (κ2) is 7.45. The molecule has 2 fully saturated rings. The number of benzene rings is 1. The van der Waals surface area contributed by atoms with E-state index in [2.05, 4.69) is 4.90 Å². The number of halogens is 6. The number of carbonyl (C=O) groups excluding carboxylic acids is 1. The Hall–Kier alpha value is -1.57. The number of hydrogen-bond donors (Lipinski definition) is 0. The molecular formula is C19H21F6NO. The van der Waals surface area contributed by atoms with Crippen LogP contribution in [0.25, 0.3) is 0 Å². The van der Waals surface area contributed by atoms with Crippen LogP contribution in [0.1, 0.15) is 60.0 Å². The summed E-state index contributed by atoms with van der Waals surface area (Å²) in [7, 11) is 0. The number of alkyl halides is 6. The number of hydrogen-bond acceptors (Lipinski definition) is 2. The molecule has 27 heavy (non-hydrogen) atoms. The van der Waals surface area contributed by atoms with E-state index in [-0.39, 0.29) is 24.4 Å². The Labute approximate surface area is 153 Å². The highest BCUT2D eigenvalue weighted by atomic mass is 19.4. The first-order chi connectivity index (χ1) is 12.6. The molecule has 2 aliphatic rings. The molecule has 0 N–H and O–H groups in total. The van der Waals surface area contributed by atoms with Crippen LogP contribution in [0.5, 0.6) is 0 Å². The predicted octanol–water partition coefficient (Wildman–Crippen LogP) is 5.56. The zero-order valence-electron chi connectivity index (χ0n) is 14.7. The maximum Gasteiger partial charge on any atom is 0.417 e. The zero-order chi connectivity index (χ0) is 19.8. The van der Waals surface area contributed by atoms with Gasteiger partial charge in [0.2, 0.25) is 0 Å². The van der Waals surface area contributed by atoms with Gasteiger partial charge in [-0.3, -0.25) is 4.79 Å². The summed E-state index contributed by atoms with van der Waals surface area (Å²) >= 11 is 0. The highest BCUT2D eigenvalue weighted by Crippen LogP contribution is 2.39. The first-order valence-electron chi connectivity index (χ1n) is 9.13. The first kappa shape index (κ1) is 20.2. The Kier molecular flexibility index (Phi) is 5.57. The molecule has 3 rings (SSSR count). The van der Waals surface area contributed by atoms with Crippen LogP contribution in [-0.4, -0.2) is 29.8 Å². The Bertz CT molecular complexity index is 690. The van der Waals surface area contributed by atoms with Crippen LogP contribution in [0.15, 0.2) is 18.2 Å². The van der Waals surface area contributed by atoms with Gasteiger partial charge in [-0.05, 0) is 56.8 Å². The summed E-state index contributed by atoms with van der Waals surface area (Å²) in [6.45, 7) is 1.87. The molecule has 0 bridgehead atoms. The molecule has 2 nitrogen and oxygen atoms in total. The molecule has 0 spiro atoms. The van der Waals surface area contributed by atoms with Gasteiger partial charge in [0.05, 0.1) is 11.1 Å². The van der Waals surface area contributed by atoms with Crippen molar-refractivity contribution in [2.75, 3.05) is 13.1 Å². The topological polar surface area (TPSA) is 20.3 Å². The maximum atomic E-state index is 13.3. The fourth-order valence-electron chi connectivity index (χ4n) is 4.36. The number of likely N-dealkylation sites (tertiary alicyclic amines) is 1. The van der Waals surface area contributed by atoms with Crippen molar-refractivity contribution in [3.63, 3.8) is 0 Å². The van der Waals surface area contributed by atoms with Crippen LogP contribution < -0.4 is 0 Å². The first-order valence-corrected chi connectivity index (χ1v) is 9.13. The van der Waals surface area contributed by atoms with Gasteiger partial charge in [0, 0.05) is 18.0 Å². The third kappa shape index (κ3) is 4.47. The quantitative estimate of drug-likeness (QED) is 0.493. The van der Waals surface area contributed by atoms with Crippen LogP contribution in [0.2, 0.25) is 0 Å². The van der Waals surface area contributed by atoms with Crippen molar-refractivity contribution in [1.29, 1.82) is 0 Å². The Balaban J connectivity index is 1.83. The lowest BCUT2D eigenvalue weighted by atomic mass is 9.90. The van der Waals surface area contributed by atoms with Gasteiger partial charge in [-0.1, -0.05) is 12.5 Å². The van der Waals surface area contributed by atoms with Crippen LogP contribution in [-0.2, 0) is 12.4 Å². The fourth-order valence-corrected chi connectivity index (χ4v) is 4.36. The number of nitrogens with zero attached hydrogens (tertiary/aromatic N) is 1. The highest BCUT2D eigenvalue weighted by Gasteiger charge is 2.40. The molecule has 0 aromatic heterocycles. The molecule has 2 atom stereocenters. The van der Waals surface area contributed by atoms with Gasteiger partial charge in [-0.25, -0.2) is 0 Å². The lowest BCUT2D eigenvalue weighted by molar-refractivity contribution is -0.143. The summed E-state index contributed by atoms with van der Waals surface area (Å²) in [5, 5.41) is 0. The highest BCUT2D eigenvalue weighted by molar-refractivity contribution is 5.98. The average molecular weight is 393 g/mol. The van der Waals surface area contributed by atoms with E-state index >= 15 is 0 Å². The second-order valence-corrected chi connectivity index (χ2v) is 7.38. The summed E-state index contributed by atoms with van der Waals surface area (Å²) in [4.78, 5) is 14.9. The van der Waals surface area contributed by atoms with E-state index < -0.39 is 34.8 Å². The summed E-state index contributed by atoms with van der Waals surface area (Å²) in [5.41, 5.74) is -3.57. The Morgan fingerprint density at radius 2 is 1.63 bits per heavy atom. The molecule has 150 valence electrons. The van der Waals surface area contributed by atoms with Crippen molar-refractivity contribution in [3.05, 3.63) is 34.9 Å². The van der Waals surface area contributed by atoms with E-state index in [1.165, 1.54) is 0 Å². The third-order valence-corrected chi connectivity index (χ3v) is 5.63. The van der Waals surface area contributed by atoms with Crippen LogP contribution in [0, 0.1) is 5.92 Å². The fraction of sp³-hybridized carbons (Fsp3) is 0.632. The molecular weight excluding hydrogens is 372 g/mol. The molecule has 0 amide bonds. The van der Waals surface area contributed by atoms with Crippen molar-refractivity contribution < 1.29 is 31.1 Å². The predicted molar refractivity (Wildman–Crippen MR) is 87.3 cm³/mol. The molecule has 8 heteroatoms. The Morgan fingerprint density at radius 1 is 0.963 bits per heavy atom. The normalized spacial score (nSPS) is 24.5. The molecule has 1 aromatic rings. The summed E-state index contributed by atoms with van der Waals surface area (Å²) in [6, 6.07) is 1.45. The van der Waals surface area contributed by atoms with Gasteiger partial charge in [0.1, 0.15) is 0 Å². The lowest BCUT2D eigenvalue weighted by Gasteiger charge is -2.29. The minimum atomic E-state index is -5.02. The van der Waals surface area contributed by atoms with E-state index in [1.807, 2.05) is 0 Å². The summed E-state index contributed by atoms with van der Waals surface area (Å²) < 4.78 is 78.2. The van der Waals surface area contributed by atoms with Crippen LogP contribution >= 0.6 is 0 Å². The average Bonchev–Trinajstić information content (AvgIpc) is 3.23. The molecule has 1 aliphatic heterocycles. The largest absolute Gasteiger partial charge is 0.417 e. The van der Waals surface area contributed by atoms with E-state index in [1.54, 1.807) is 0 Å². The van der Waals surface area contributed by atoms with Crippen molar-refractivity contribution in [2.24, 2.45) is 5.92 Å². The molecule has 1 aliphatic carbocycles. The van der Waals surface area contributed by atoms with E-state index in [0.29, 0.717) is 12.1 Å². The molecule has 0 radical (unpaired) electrons. The maximum absolute atomic E-state index is 13.3. The van der Waals surface area contributed by atoms with Crippen LogP contribution in [0.4, 0.5) is 26.3 Å². The minimum absolute atomic E-state index is 0.0415. The van der Waals surface area contributed by atoms with Gasteiger partial charge in [0.15, 0.2) is 5.78 Å². The molecule has 1 saturated heterocycles. The molecule has 1 heterocycles. The van der Waals surface area contributed by atoms with Gasteiger partial charge < -0.3 is 4.90 Å². The number of ketones is 1. The van der Waals surface area contributed by atoms with Crippen molar-refractivity contribution in [1.82, 2.24) is 4.90 Å². The SMILES string of the molecule is O=C(C[C@@H]1CCC[C@@H]1N1CCCC1)c1ccc(C(F)(F)F)cc1C(F)(F)F. The van der Waals surface area contributed by atoms with Gasteiger partial charge in [-0.2, -0.15) is 26.3 Å². The minimum Gasteiger partial charge on any atom is -0.300 e. The monoisotopic (exact) mass is 393 g/mol. The standard InChI is InChI=1S/C19H21F6NO/c20-18(21,22)13-6-7-14(15(11-13)19(23,24)25)17(27)10-12-4-3-5-16(12)26-8-1-2-9-26/h6-7,11-12,16H,1-5,8-10H2/t12-,16-/m0/s1. The van der Waals surface area contributed by atoms with Crippen molar-refractivity contribution in [2.45, 2.75) is 56.9 Å². The molecule has 1 aromatic carbocycles. The lowest BCUT2D eigenvalue weighted by Crippen LogP contribution is -2.36. The van der Waals surface area contributed by atoms with Crippen LogP contribution in [0.3, 0.4) is 0 Å². The van der Waals surface area contributed by atoms with E-state index in [4.69, 9.17) is 0 Å². The van der Waals surface area contributed by atoms with E-state index in [0.717, 1.165) is 45.2 Å². The number of rotatable bonds is 4. The summed E-state index contributed by atoms with van der Waals surface area (Å²) in [6.07, 6.45) is -5.23. The van der Waals surface area contributed by atoms with Crippen molar-refractivity contribution in [3.8, 4) is 0 Å². The number of Topliss-reactive ketones (excluding diaryl/α,β-unsaturated/α-hetero) is 1.